The van der Waals surface area contributed by atoms with Crippen LogP contribution < -0.4 is 0 Å². The number of rotatable bonds is 5. The monoisotopic (exact) mass is 450 g/mol. The van der Waals surface area contributed by atoms with Crippen LogP contribution in [0.15, 0.2) is 9.79 Å². The summed E-state index contributed by atoms with van der Waals surface area (Å²) in [5.74, 6) is -22.9. The van der Waals surface area contributed by atoms with Crippen molar-refractivity contribution in [1.82, 2.24) is 0 Å². The number of hydrogen-bond donors (Lipinski definition) is 2. The predicted molar refractivity (Wildman–Crippen MR) is 78.2 cm³/mol. The Morgan fingerprint density at radius 3 is 0.893 bits per heavy atom. The number of carboxylic acids is 2. The van der Waals surface area contributed by atoms with Crippen molar-refractivity contribution >= 4 is 33.5 Å². The molecule has 0 saturated carbocycles. The molecule has 0 aliphatic carbocycles. The molecule has 0 spiro atoms. The number of benzene rings is 2. The highest BCUT2D eigenvalue weighted by Gasteiger charge is 2.32. The lowest BCUT2D eigenvalue weighted by Crippen LogP contribution is -2.11. The van der Waals surface area contributed by atoms with Crippen molar-refractivity contribution < 1.29 is 54.9 Å². The first-order valence-electron chi connectivity index (χ1n) is 6.44. The molecule has 150 valence electrons. The summed E-state index contributed by atoms with van der Waals surface area (Å²) in [6, 6.07) is 0. The van der Waals surface area contributed by atoms with E-state index < -0.39 is 101 Å². The Morgan fingerprint density at radius 2 is 0.714 bits per heavy atom. The first kappa shape index (κ1) is 21.8. The van der Waals surface area contributed by atoms with E-state index in [1.54, 1.807) is 0 Å². The molecule has 0 fully saturated rings. The van der Waals surface area contributed by atoms with Gasteiger partial charge in [-0.05, 0) is 21.6 Å². The molecule has 28 heavy (non-hydrogen) atoms. The van der Waals surface area contributed by atoms with Crippen molar-refractivity contribution in [2.24, 2.45) is 0 Å². The Hall–Kier alpha value is -2.48. The minimum Gasteiger partial charge on any atom is -0.477 e. The maximum absolute atomic E-state index is 13.8. The first-order chi connectivity index (χ1) is 12.9. The van der Waals surface area contributed by atoms with Crippen LogP contribution in [0.3, 0.4) is 0 Å². The van der Waals surface area contributed by atoms with Crippen molar-refractivity contribution in [3.63, 3.8) is 0 Å². The smallest absolute Gasteiger partial charge is 0.341 e. The van der Waals surface area contributed by atoms with Gasteiger partial charge in [0.25, 0.3) is 0 Å². The molecular weight excluding hydrogens is 448 g/mol. The number of halogens is 8. The fourth-order valence-electron chi connectivity index (χ4n) is 1.83. The standard InChI is InChI=1S/C14H2F8O4S2/c15-3-1(13(23)24)4(16)8(20)11(7(3)19)27-28-12-9(21)5(17)2(14(25)26)6(18)10(12)22/h(H,23,24)(H,25,26). The third kappa shape index (κ3) is 3.48. The van der Waals surface area contributed by atoms with E-state index >= 15 is 0 Å². The lowest BCUT2D eigenvalue weighted by atomic mass is 10.2. The summed E-state index contributed by atoms with van der Waals surface area (Å²) in [6.45, 7) is 0. The molecule has 0 heterocycles. The van der Waals surface area contributed by atoms with Crippen LogP contribution in [0.2, 0.25) is 0 Å². The molecule has 0 unspecified atom stereocenters. The molecule has 0 aromatic heterocycles. The second kappa shape index (κ2) is 7.87. The van der Waals surface area contributed by atoms with Gasteiger partial charge in [-0.3, -0.25) is 0 Å². The van der Waals surface area contributed by atoms with E-state index in [1.807, 2.05) is 0 Å². The Balaban J connectivity index is 2.55. The molecule has 0 atom stereocenters. The fraction of sp³-hybridized carbons (Fsp3) is 0. The van der Waals surface area contributed by atoms with E-state index in [2.05, 4.69) is 0 Å². The molecule has 0 bridgehead atoms. The molecule has 4 nitrogen and oxygen atoms in total. The van der Waals surface area contributed by atoms with Gasteiger partial charge in [0.05, 0.1) is 9.79 Å². The molecule has 2 aromatic carbocycles. The normalized spacial score (nSPS) is 11.0. The zero-order valence-electron chi connectivity index (χ0n) is 12.6. The molecule has 2 aromatic rings. The lowest BCUT2D eigenvalue weighted by molar-refractivity contribution is 0.0671. The molecule has 0 aliphatic rings. The number of aromatic carboxylic acids is 2. The van der Waals surface area contributed by atoms with Gasteiger partial charge in [-0.15, -0.1) is 0 Å². The second-order valence-electron chi connectivity index (χ2n) is 4.70. The third-order valence-electron chi connectivity index (χ3n) is 3.08. The number of hydrogen-bond acceptors (Lipinski definition) is 4. The van der Waals surface area contributed by atoms with Crippen LogP contribution in [0.25, 0.3) is 0 Å². The highest BCUT2D eigenvalue weighted by Crippen LogP contribution is 2.45. The summed E-state index contributed by atoms with van der Waals surface area (Å²) in [4.78, 5) is 18.1. The van der Waals surface area contributed by atoms with Gasteiger partial charge >= 0.3 is 11.9 Å². The Bertz CT molecular complexity index is 888. The largest absolute Gasteiger partial charge is 0.477 e. The minimum absolute atomic E-state index is 0.432. The average Bonchev–Trinajstić information content (AvgIpc) is 2.60. The SMILES string of the molecule is O=C(O)c1c(F)c(F)c(SSc2c(F)c(F)c(C(=O)O)c(F)c2F)c(F)c1F. The molecule has 14 heteroatoms. The van der Waals surface area contributed by atoms with Gasteiger partial charge in [0.1, 0.15) is 11.1 Å². The first-order valence-corrected chi connectivity index (χ1v) is 8.59. The summed E-state index contributed by atoms with van der Waals surface area (Å²) < 4.78 is 110. The summed E-state index contributed by atoms with van der Waals surface area (Å²) in [6.07, 6.45) is 0. The maximum atomic E-state index is 13.8. The van der Waals surface area contributed by atoms with Crippen molar-refractivity contribution in [1.29, 1.82) is 0 Å². The van der Waals surface area contributed by atoms with E-state index in [4.69, 9.17) is 10.2 Å². The van der Waals surface area contributed by atoms with Gasteiger partial charge in [0.15, 0.2) is 46.5 Å². The van der Waals surface area contributed by atoms with E-state index in [0.717, 1.165) is 0 Å². The van der Waals surface area contributed by atoms with Crippen molar-refractivity contribution in [2.75, 3.05) is 0 Å². The Morgan fingerprint density at radius 1 is 0.500 bits per heavy atom. The molecule has 2 N–H and O–H groups in total. The van der Waals surface area contributed by atoms with E-state index in [1.165, 1.54) is 0 Å². The van der Waals surface area contributed by atoms with Gasteiger partial charge in [0.2, 0.25) is 0 Å². The van der Waals surface area contributed by atoms with Crippen LogP contribution in [0.1, 0.15) is 20.7 Å². The predicted octanol–water partition coefficient (Wildman–Crippen LogP) is 5.00. The molecule has 0 saturated heterocycles. The highest BCUT2D eigenvalue weighted by atomic mass is 33.1. The zero-order chi connectivity index (χ0) is 21.5. The second-order valence-corrected chi connectivity index (χ2v) is 6.85. The van der Waals surface area contributed by atoms with Gasteiger partial charge < -0.3 is 10.2 Å². The number of carboxylic acid groups (broad SMARTS) is 2. The van der Waals surface area contributed by atoms with Crippen LogP contribution in [-0.2, 0) is 0 Å². The summed E-state index contributed by atoms with van der Waals surface area (Å²) in [7, 11) is -0.863. The number of carbonyl (C=O) groups is 2. The summed E-state index contributed by atoms with van der Waals surface area (Å²) in [5, 5.41) is 17.1. The van der Waals surface area contributed by atoms with Crippen LogP contribution in [-0.4, -0.2) is 22.2 Å². The fourth-order valence-corrected chi connectivity index (χ4v) is 4.02. The van der Waals surface area contributed by atoms with Gasteiger partial charge in [-0.25, -0.2) is 44.7 Å². The minimum atomic E-state index is -2.34. The van der Waals surface area contributed by atoms with Crippen molar-refractivity contribution in [3.8, 4) is 0 Å². The van der Waals surface area contributed by atoms with E-state index in [-0.39, 0.29) is 0 Å². The maximum Gasteiger partial charge on any atom is 0.341 e. The highest BCUT2D eigenvalue weighted by molar-refractivity contribution is 8.76. The van der Waals surface area contributed by atoms with Crippen LogP contribution in [0.5, 0.6) is 0 Å². The van der Waals surface area contributed by atoms with Crippen LogP contribution >= 0.6 is 21.6 Å². The van der Waals surface area contributed by atoms with Crippen LogP contribution in [0.4, 0.5) is 35.1 Å². The van der Waals surface area contributed by atoms with E-state index in [9.17, 15) is 44.7 Å². The quantitative estimate of drug-likeness (QED) is 0.380. The zero-order valence-corrected chi connectivity index (χ0v) is 14.2. The van der Waals surface area contributed by atoms with Crippen LogP contribution in [0, 0.1) is 46.5 Å². The summed E-state index contributed by atoms with van der Waals surface area (Å²) in [5.41, 5.74) is -3.94. The molecule has 2 rings (SSSR count). The Kier molecular flexibility index (Phi) is 6.13. The molecule has 0 aliphatic heterocycles. The van der Waals surface area contributed by atoms with Crippen molar-refractivity contribution in [3.05, 3.63) is 57.7 Å². The van der Waals surface area contributed by atoms with E-state index in [0.29, 0.717) is 0 Å². The molecule has 0 radical (unpaired) electrons. The van der Waals surface area contributed by atoms with Gasteiger partial charge in [0, 0.05) is 0 Å². The average molecular weight is 450 g/mol. The third-order valence-corrected chi connectivity index (χ3v) is 5.47. The Labute approximate surface area is 156 Å². The van der Waals surface area contributed by atoms with Gasteiger partial charge in [-0.1, -0.05) is 0 Å². The summed E-state index contributed by atoms with van der Waals surface area (Å²) >= 11 is 0. The van der Waals surface area contributed by atoms with Gasteiger partial charge in [-0.2, -0.15) is 0 Å². The molecule has 0 amide bonds. The topological polar surface area (TPSA) is 74.6 Å². The molecular formula is C14H2F8O4S2. The lowest BCUT2D eigenvalue weighted by Gasteiger charge is -2.11. The van der Waals surface area contributed by atoms with Crippen molar-refractivity contribution in [2.45, 2.75) is 9.79 Å².